The lowest BCUT2D eigenvalue weighted by molar-refractivity contribution is 0.0968. The monoisotopic (exact) mass is 268 g/mol. The van der Waals surface area contributed by atoms with Crippen LogP contribution >= 0.6 is 0 Å². The van der Waals surface area contributed by atoms with Gasteiger partial charge in [0.1, 0.15) is 11.4 Å². The van der Waals surface area contributed by atoms with Crippen LogP contribution < -0.4 is 4.74 Å². The van der Waals surface area contributed by atoms with Crippen LogP contribution in [0.25, 0.3) is 0 Å². The van der Waals surface area contributed by atoms with Gasteiger partial charge in [-0.05, 0) is 37.8 Å². The second-order valence-corrected chi connectivity index (χ2v) is 5.68. The lowest BCUT2D eigenvalue weighted by Gasteiger charge is -2.29. The smallest absolute Gasteiger partial charge is 0.128 e. The van der Waals surface area contributed by atoms with Crippen molar-refractivity contribution < 1.29 is 9.84 Å². The van der Waals surface area contributed by atoms with Gasteiger partial charge in [0.05, 0.1) is 6.61 Å². The molecule has 0 fully saturated rings. The van der Waals surface area contributed by atoms with E-state index in [4.69, 9.17) is 4.74 Å². The first-order valence-corrected chi connectivity index (χ1v) is 7.14. The Balaban J connectivity index is 2.09. The predicted molar refractivity (Wildman–Crippen MR) is 80.1 cm³/mol. The van der Waals surface area contributed by atoms with Crippen LogP contribution in [0.5, 0.6) is 5.75 Å². The van der Waals surface area contributed by atoms with Crippen molar-refractivity contribution in [2.75, 3.05) is 6.61 Å². The molecule has 1 atom stereocenters. The lowest BCUT2D eigenvalue weighted by atomic mass is 9.85. The number of aryl methyl sites for hydroxylation is 2. The van der Waals surface area contributed by atoms with Gasteiger partial charge in [0.2, 0.25) is 0 Å². The minimum Gasteiger partial charge on any atom is -0.493 e. The van der Waals surface area contributed by atoms with Crippen molar-refractivity contribution in [2.45, 2.75) is 32.3 Å². The quantitative estimate of drug-likeness (QED) is 0.902. The van der Waals surface area contributed by atoms with Crippen molar-refractivity contribution in [1.82, 2.24) is 0 Å². The summed E-state index contributed by atoms with van der Waals surface area (Å²) in [5.41, 5.74) is 3.11. The molecule has 0 amide bonds. The molecule has 1 aliphatic rings. The highest BCUT2D eigenvalue weighted by Crippen LogP contribution is 2.39. The molecule has 0 aromatic heterocycles. The molecule has 0 spiro atoms. The summed E-state index contributed by atoms with van der Waals surface area (Å²) in [5, 5.41) is 11.0. The van der Waals surface area contributed by atoms with Crippen LogP contribution in [-0.4, -0.2) is 11.7 Å². The normalized spacial score (nSPS) is 16.9. The van der Waals surface area contributed by atoms with E-state index in [0.717, 1.165) is 36.3 Å². The SMILES string of the molecule is Cc1ccc(C(C)(O)c2cccc3c2OCCC3)cc1. The second kappa shape index (κ2) is 4.95. The zero-order chi connectivity index (χ0) is 14.2. The van der Waals surface area contributed by atoms with Crippen molar-refractivity contribution in [3.05, 3.63) is 64.7 Å². The van der Waals surface area contributed by atoms with Gasteiger partial charge >= 0.3 is 0 Å². The third-order valence-corrected chi connectivity index (χ3v) is 4.07. The molecule has 0 radical (unpaired) electrons. The molecule has 2 nitrogen and oxygen atoms in total. The molecule has 2 heteroatoms. The molecular weight excluding hydrogens is 248 g/mol. The fourth-order valence-corrected chi connectivity index (χ4v) is 2.81. The lowest BCUT2D eigenvalue weighted by Crippen LogP contribution is -2.25. The van der Waals surface area contributed by atoms with Gasteiger partial charge in [-0.1, -0.05) is 48.0 Å². The third kappa shape index (κ3) is 2.20. The molecule has 1 N–H and O–H groups in total. The van der Waals surface area contributed by atoms with Gasteiger partial charge in [-0.3, -0.25) is 0 Å². The summed E-state index contributed by atoms with van der Waals surface area (Å²) in [6, 6.07) is 14.1. The first-order chi connectivity index (χ1) is 9.59. The Morgan fingerprint density at radius 2 is 1.85 bits per heavy atom. The number of ether oxygens (including phenoxy) is 1. The Kier molecular flexibility index (Phi) is 3.27. The first-order valence-electron chi connectivity index (χ1n) is 7.14. The van der Waals surface area contributed by atoms with Crippen LogP contribution in [0.3, 0.4) is 0 Å². The Bertz CT molecular complexity index is 612. The van der Waals surface area contributed by atoms with Crippen LogP contribution in [-0.2, 0) is 12.0 Å². The Labute approximate surface area is 120 Å². The number of hydrogen-bond donors (Lipinski definition) is 1. The van der Waals surface area contributed by atoms with E-state index in [-0.39, 0.29) is 0 Å². The maximum atomic E-state index is 11.0. The van der Waals surface area contributed by atoms with Crippen molar-refractivity contribution in [2.24, 2.45) is 0 Å². The largest absolute Gasteiger partial charge is 0.493 e. The average Bonchev–Trinajstić information content (AvgIpc) is 2.47. The molecule has 20 heavy (non-hydrogen) atoms. The van der Waals surface area contributed by atoms with Crippen LogP contribution in [0.4, 0.5) is 0 Å². The van der Waals surface area contributed by atoms with Crippen LogP contribution in [0.15, 0.2) is 42.5 Å². The van der Waals surface area contributed by atoms with E-state index in [2.05, 4.69) is 6.07 Å². The summed E-state index contributed by atoms with van der Waals surface area (Å²) in [4.78, 5) is 0. The van der Waals surface area contributed by atoms with Crippen LogP contribution in [0, 0.1) is 6.92 Å². The van der Waals surface area contributed by atoms with Crippen molar-refractivity contribution in [3.63, 3.8) is 0 Å². The first kappa shape index (κ1) is 13.2. The molecule has 1 heterocycles. The number of rotatable bonds is 2. The van der Waals surface area contributed by atoms with Gasteiger partial charge in [0.15, 0.2) is 0 Å². The number of aliphatic hydroxyl groups is 1. The van der Waals surface area contributed by atoms with E-state index in [0.29, 0.717) is 0 Å². The van der Waals surface area contributed by atoms with Crippen LogP contribution in [0.2, 0.25) is 0 Å². The second-order valence-electron chi connectivity index (χ2n) is 5.68. The van der Waals surface area contributed by atoms with E-state index in [1.807, 2.05) is 50.2 Å². The zero-order valence-electron chi connectivity index (χ0n) is 12.0. The average molecular weight is 268 g/mol. The minimum atomic E-state index is -1.03. The van der Waals surface area contributed by atoms with Gasteiger partial charge in [-0.15, -0.1) is 0 Å². The fourth-order valence-electron chi connectivity index (χ4n) is 2.81. The molecule has 2 aromatic rings. The summed E-state index contributed by atoms with van der Waals surface area (Å²) in [6.07, 6.45) is 2.07. The topological polar surface area (TPSA) is 29.5 Å². The maximum absolute atomic E-state index is 11.0. The Morgan fingerprint density at radius 1 is 1.10 bits per heavy atom. The molecule has 1 aliphatic heterocycles. The Hall–Kier alpha value is -1.80. The van der Waals surface area contributed by atoms with Crippen LogP contribution in [0.1, 0.15) is 35.6 Å². The molecule has 0 aliphatic carbocycles. The third-order valence-electron chi connectivity index (χ3n) is 4.07. The van der Waals surface area contributed by atoms with Crippen molar-refractivity contribution in [1.29, 1.82) is 0 Å². The summed E-state index contributed by atoms with van der Waals surface area (Å²) >= 11 is 0. The van der Waals surface area contributed by atoms with Gasteiger partial charge in [-0.2, -0.15) is 0 Å². The summed E-state index contributed by atoms with van der Waals surface area (Å²) in [5.74, 6) is 0.865. The standard InChI is InChI=1S/C18H20O2/c1-13-8-10-15(11-9-13)18(2,19)16-7-3-5-14-6-4-12-20-17(14)16/h3,5,7-11,19H,4,6,12H2,1-2H3. The minimum absolute atomic E-state index is 0.730. The zero-order valence-corrected chi connectivity index (χ0v) is 12.0. The van der Waals surface area contributed by atoms with E-state index in [9.17, 15) is 5.11 Å². The number of fused-ring (bicyclic) bond motifs is 1. The molecular formula is C18H20O2. The van der Waals surface area contributed by atoms with E-state index in [1.54, 1.807) is 0 Å². The van der Waals surface area contributed by atoms with Gasteiger partial charge in [0, 0.05) is 5.56 Å². The molecule has 0 bridgehead atoms. The Morgan fingerprint density at radius 3 is 2.60 bits per heavy atom. The molecule has 1 unspecified atom stereocenters. The highest BCUT2D eigenvalue weighted by molar-refractivity contribution is 5.49. The number of benzene rings is 2. The summed E-state index contributed by atoms with van der Waals surface area (Å²) < 4.78 is 5.83. The molecule has 0 saturated carbocycles. The maximum Gasteiger partial charge on any atom is 0.128 e. The molecule has 3 rings (SSSR count). The summed E-state index contributed by atoms with van der Waals surface area (Å²) in [6.45, 7) is 4.62. The fraction of sp³-hybridized carbons (Fsp3) is 0.333. The van der Waals surface area contributed by atoms with Crippen molar-refractivity contribution in [3.8, 4) is 5.75 Å². The highest BCUT2D eigenvalue weighted by atomic mass is 16.5. The van der Waals surface area contributed by atoms with Crippen molar-refractivity contribution >= 4 is 0 Å². The van der Waals surface area contributed by atoms with Gasteiger partial charge in [-0.25, -0.2) is 0 Å². The molecule has 2 aromatic carbocycles. The number of hydrogen-bond acceptors (Lipinski definition) is 2. The van der Waals surface area contributed by atoms with Gasteiger partial charge < -0.3 is 9.84 Å². The number of para-hydroxylation sites is 1. The highest BCUT2D eigenvalue weighted by Gasteiger charge is 2.30. The van der Waals surface area contributed by atoms with E-state index in [1.165, 1.54) is 11.1 Å². The van der Waals surface area contributed by atoms with Gasteiger partial charge in [0.25, 0.3) is 0 Å². The molecule has 0 saturated heterocycles. The predicted octanol–water partition coefficient (Wildman–Crippen LogP) is 3.58. The molecule has 104 valence electrons. The van der Waals surface area contributed by atoms with E-state index >= 15 is 0 Å². The van der Waals surface area contributed by atoms with E-state index < -0.39 is 5.60 Å². The summed E-state index contributed by atoms with van der Waals surface area (Å²) in [7, 11) is 0.